The van der Waals surface area contributed by atoms with E-state index < -0.39 is 0 Å². The molecule has 2 heterocycles. The molecule has 0 amide bonds. The molecule has 0 radical (unpaired) electrons. The number of nitrogens with zero attached hydrogens (tertiary/aromatic N) is 2. The second-order valence-corrected chi connectivity index (χ2v) is 13.3. The lowest BCUT2D eigenvalue weighted by Gasteiger charge is -2.09. The Balaban J connectivity index is 1.03. The quantitative estimate of drug-likeness (QED) is 0.180. The van der Waals surface area contributed by atoms with Crippen LogP contribution in [0.5, 0.6) is 0 Å². The number of fused-ring (bicyclic) bond motifs is 3. The van der Waals surface area contributed by atoms with Gasteiger partial charge in [0, 0.05) is 36.9 Å². The first-order valence-electron chi connectivity index (χ1n) is 16.5. The minimum absolute atomic E-state index is 0.730. The van der Waals surface area contributed by atoms with Gasteiger partial charge in [-0.3, -0.25) is 0 Å². The van der Waals surface area contributed by atoms with Crippen LogP contribution in [0, 0.1) is 0 Å². The molecule has 230 valence electrons. The molecule has 49 heavy (non-hydrogen) atoms. The van der Waals surface area contributed by atoms with E-state index in [9.17, 15) is 0 Å². The Morgan fingerprint density at radius 3 is 1.18 bits per heavy atom. The number of aromatic nitrogens is 2. The van der Waals surface area contributed by atoms with Gasteiger partial charge in [0.15, 0.2) is 5.82 Å². The van der Waals surface area contributed by atoms with E-state index in [4.69, 9.17) is 9.97 Å². The maximum atomic E-state index is 5.05. The molecule has 0 bridgehead atoms. The predicted molar refractivity (Wildman–Crippen MR) is 208 cm³/mol. The van der Waals surface area contributed by atoms with E-state index in [1.165, 1.54) is 53.6 Å². The van der Waals surface area contributed by atoms with Crippen molar-refractivity contribution in [1.82, 2.24) is 9.97 Å². The van der Waals surface area contributed by atoms with Gasteiger partial charge in [0.1, 0.15) is 0 Å². The lowest BCUT2D eigenvalue weighted by atomic mass is 9.97. The number of hydrogen-bond acceptors (Lipinski definition) is 3. The van der Waals surface area contributed by atoms with Gasteiger partial charge in [0.2, 0.25) is 0 Å². The zero-order valence-corrected chi connectivity index (χ0v) is 27.4. The molecule has 0 atom stereocenters. The van der Waals surface area contributed by atoms with E-state index in [2.05, 4.69) is 158 Å². The molecule has 0 saturated carbocycles. The normalized spacial score (nSPS) is 11.3. The van der Waals surface area contributed by atoms with E-state index in [-0.39, 0.29) is 0 Å². The standard InChI is InChI=1S/C46H30N2S/c1-4-10-31(11-5-1)32-16-18-33(19-17-32)34-20-22-35(23-21-34)38-24-26-40-41-27-25-39(29-45(41)49-44(40)28-38)43-30-42(36-12-6-2-7-13-36)47-46(48-43)37-14-8-3-9-15-37/h1-30H. The first-order valence-corrected chi connectivity index (χ1v) is 17.3. The summed E-state index contributed by atoms with van der Waals surface area (Å²) in [5.74, 6) is 0.730. The summed E-state index contributed by atoms with van der Waals surface area (Å²) in [7, 11) is 0. The Labute approximate surface area is 289 Å². The van der Waals surface area contributed by atoms with Crippen molar-refractivity contribution in [2.24, 2.45) is 0 Å². The summed E-state index contributed by atoms with van der Waals surface area (Å²) in [6.45, 7) is 0. The zero-order chi connectivity index (χ0) is 32.6. The second-order valence-electron chi connectivity index (χ2n) is 12.2. The summed E-state index contributed by atoms with van der Waals surface area (Å²) in [5, 5.41) is 2.55. The van der Waals surface area contributed by atoms with Crippen molar-refractivity contribution in [2.75, 3.05) is 0 Å². The fourth-order valence-electron chi connectivity index (χ4n) is 6.53. The topological polar surface area (TPSA) is 25.8 Å². The van der Waals surface area contributed by atoms with E-state index in [0.717, 1.165) is 33.9 Å². The van der Waals surface area contributed by atoms with Crippen molar-refractivity contribution in [1.29, 1.82) is 0 Å². The van der Waals surface area contributed by atoms with Crippen LogP contribution in [0.25, 0.3) is 87.5 Å². The van der Waals surface area contributed by atoms with Gasteiger partial charge < -0.3 is 0 Å². The average molecular weight is 643 g/mol. The molecular formula is C46H30N2S. The maximum Gasteiger partial charge on any atom is 0.160 e. The molecule has 7 aromatic carbocycles. The molecule has 9 aromatic rings. The van der Waals surface area contributed by atoms with Crippen LogP contribution in [-0.2, 0) is 0 Å². The highest BCUT2D eigenvalue weighted by Gasteiger charge is 2.13. The van der Waals surface area contributed by atoms with E-state index >= 15 is 0 Å². The van der Waals surface area contributed by atoms with Gasteiger partial charge in [0.05, 0.1) is 11.4 Å². The summed E-state index contributed by atoms with van der Waals surface area (Å²) in [6.07, 6.45) is 0. The van der Waals surface area contributed by atoms with Crippen molar-refractivity contribution in [3.8, 4) is 67.3 Å². The molecule has 3 heteroatoms. The van der Waals surface area contributed by atoms with Crippen molar-refractivity contribution in [3.63, 3.8) is 0 Å². The highest BCUT2D eigenvalue weighted by molar-refractivity contribution is 7.25. The summed E-state index contributed by atoms with van der Waals surface area (Å²) in [5.41, 5.74) is 12.3. The highest BCUT2D eigenvalue weighted by Crippen LogP contribution is 2.39. The lowest BCUT2D eigenvalue weighted by Crippen LogP contribution is -1.95. The van der Waals surface area contributed by atoms with Gasteiger partial charge in [-0.2, -0.15) is 0 Å². The molecule has 0 aliphatic rings. The molecule has 0 N–H and O–H groups in total. The Morgan fingerprint density at radius 2 is 0.653 bits per heavy atom. The Kier molecular flexibility index (Phi) is 7.38. The van der Waals surface area contributed by atoms with Crippen LogP contribution >= 0.6 is 11.3 Å². The third-order valence-corrected chi connectivity index (χ3v) is 10.3. The van der Waals surface area contributed by atoms with Gasteiger partial charge in [-0.1, -0.05) is 164 Å². The van der Waals surface area contributed by atoms with Crippen LogP contribution in [0.4, 0.5) is 0 Å². The first kappa shape index (κ1) is 29.0. The average Bonchev–Trinajstić information content (AvgIpc) is 3.56. The largest absolute Gasteiger partial charge is 0.228 e. The molecule has 0 saturated heterocycles. The van der Waals surface area contributed by atoms with Crippen LogP contribution in [-0.4, -0.2) is 9.97 Å². The van der Waals surface area contributed by atoms with Gasteiger partial charge in [-0.05, 0) is 51.6 Å². The molecular weight excluding hydrogens is 613 g/mol. The lowest BCUT2D eigenvalue weighted by molar-refractivity contribution is 1.18. The highest BCUT2D eigenvalue weighted by atomic mass is 32.1. The summed E-state index contributed by atoms with van der Waals surface area (Å²) in [4.78, 5) is 10.0. The summed E-state index contributed by atoms with van der Waals surface area (Å²) in [6, 6.07) is 64.5. The molecule has 2 aromatic heterocycles. The van der Waals surface area contributed by atoms with Gasteiger partial charge in [-0.25, -0.2) is 9.97 Å². The fraction of sp³-hybridized carbons (Fsp3) is 0. The minimum atomic E-state index is 0.730. The minimum Gasteiger partial charge on any atom is -0.228 e. The van der Waals surface area contributed by atoms with Gasteiger partial charge >= 0.3 is 0 Å². The predicted octanol–water partition coefficient (Wildman–Crippen LogP) is 12.8. The third-order valence-electron chi connectivity index (χ3n) is 9.14. The van der Waals surface area contributed by atoms with Gasteiger partial charge in [-0.15, -0.1) is 11.3 Å². The Bertz CT molecular complexity index is 2500. The number of hydrogen-bond donors (Lipinski definition) is 0. The molecule has 2 nitrogen and oxygen atoms in total. The van der Waals surface area contributed by atoms with Crippen molar-refractivity contribution >= 4 is 31.5 Å². The molecule has 0 aliphatic carbocycles. The monoisotopic (exact) mass is 642 g/mol. The van der Waals surface area contributed by atoms with Crippen LogP contribution in [0.3, 0.4) is 0 Å². The Morgan fingerprint density at radius 1 is 0.286 bits per heavy atom. The number of thiophene rings is 1. The van der Waals surface area contributed by atoms with Gasteiger partial charge in [0.25, 0.3) is 0 Å². The smallest absolute Gasteiger partial charge is 0.160 e. The number of benzene rings is 7. The van der Waals surface area contributed by atoms with Crippen molar-refractivity contribution in [2.45, 2.75) is 0 Å². The zero-order valence-electron chi connectivity index (χ0n) is 26.6. The van der Waals surface area contributed by atoms with Crippen LogP contribution in [0.2, 0.25) is 0 Å². The molecule has 0 aliphatic heterocycles. The Hall–Kier alpha value is -6.16. The summed E-state index contributed by atoms with van der Waals surface area (Å²) < 4.78 is 2.53. The molecule has 9 rings (SSSR count). The van der Waals surface area contributed by atoms with Crippen LogP contribution < -0.4 is 0 Å². The SMILES string of the molecule is c1ccc(-c2ccc(-c3ccc(-c4ccc5c(c4)sc4cc(-c6cc(-c7ccccc7)nc(-c7ccccc7)n6)ccc45)cc3)cc2)cc1. The second kappa shape index (κ2) is 12.5. The van der Waals surface area contributed by atoms with Crippen molar-refractivity contribution < 1.29 is 0 Å². The third kappa shape index (κ3) is 5.71. The van der Waals surface area contributed by atoms with Crippen LogP contribution in [0.15, 0.2) is 182 Å². The first-order chi connectivity index (χ1) is 24.2. The summed E-state index contributed by atoms with van der Waals surface area (Å²) >= 11 is 1.84. The molecule has 0 spiro atoms. The van der Waals surface area contributed by atoms with E-state index in [0.29, 0.717) is 0 Å². The number of rotatable bonds is 6. The van der Waals surface area contributed by atoms with Crippen molar-refractivity contribution in [3.05, 3.63) is 182 Å². The molecule has 0 fully saturated rings. The van der Waals surface area contributed by atoms with E-state index in [1.807, 2.05) is 35.6 Å². The molecule has 0 unspecified atom stereocenters. The van der Waals surface area contributed by atoms with E-state index in [1.54, 1.807) is 0 Å². The fourth-order valence-corrected chi connectivity index (χ4v) is 7.71. The van der Waals surface area contributed by atoms with Crippen LogP contribution in [0.1, 0.15) is 0 Å². The maximum absolute atomic E-state index is 5.05.